The molecule has 0 spiro atoms. The quantitative estimate of drug-likeness (QED) is 0.153. The topological polar surface area (TPSA) is 6.48 Å². The Hall–Kier alpha value is -5.80. The molecule has 0 radical (unpaired) electrons. The van der Waals surface area contributed by atoms with Gasteiger partial charge in [-0.25, -0.2) is 0 Å². The van der Waals surface area contributed by atoms with Gasteiger partial charge in [0.25, 0.3) is 6.71 Å². The zero-order valence-electron chi connectivity index (χ0n) is 46.4. The van der Waals surface area contributed by atoms with Crippen LogP contribution in [0, 0.1) is 6.92 Å². The summed E-state index contributed by atoms with van der Waals surface area (Å²) < 4.78 is 0. The molecule has 0 N–H and O–H groups in total. The minimum Gasteiger partial charge on any atom is -0.338 e. The minimum atomic E-state index is 0.0212. The molecule has 0 saturated heterocycles. The second-order valence-electron chi connectivity index (χ2n) is 27.2. The Morgan fingerprint density at radius 3 is 1.11 bits per heavy atom. The maximum absolute atomic E-state index is 2.76. The summed E-state index contributed by atoms with van der Waals surface area (Å²) in [6.45, 7) is 38.0. The van der Waals surface area contributed by atoms with Crippen LogP contribution in [0.5, 0.6) is 0 Å². The van der Waals surface area contributed by atoms with Crippen molar-refractivity contribution in [2.24, 2.45) is 0 Å². The largest absolute Gasteiger partial charge is 0.338 e. The van der Waals surface area contributed by atoms with Crippen molar-refractivity contribution in [2.75, 3.05) is 9.80 Å². The summed E-state index contributed by atoms with van der Waals surface area (Å²) in [6, 6.07) is 52.9. The Bertz CT molecular complexity index is 3060. The molecule has 2 heterocycles. The lowest BCUT2D eigenvalue weighted by Crippen LogP contribution is -2.63. The highest BCUT2D eigenvalue weighted by Gasteiger charge is 2.48. The van der Waals surface area contributed by atoms with E-state index < -0.39 is 0 Å². The van der Waals surface area contributed by atoms with E-state index in [2.05, 4.69) is 247 Å². The Balaban J connectivity index is 1.22. The highest BCUT2D eigenvalue weighted by molar-refractivity contribution is 7.00. The Morgan fingerprint density at radius 2 is 0.764 bits per heavy atom. The van der Waals surface area contributed by atoms with Crippen molar-refractivity contribution in [1.29, 1.82) is 0 Å². The van der Waals surface area contributed by atoms with Crippen LogP contribution < -0.4 is 26.2 Å². The van der Waals surface area contributed by atoms with Gasteiger partial charge in [-0.1, -0.05) is 206 Å². The molecule has 368 valence electrons. The van der Waals surface area contributed by atoms with Gasteiger partial charge in [0.2, 0.25) is 0 Å². The summed E-state index contributed by atoms with van der Waals surface area (Å²) in [5.41, 5.74) is 28.1. The van der Waals surface area contributed by atoms with Crippen LogP contribution in [0.25, 0.3) is 22.3 Å². The summed E-state index contributed by atoms with van der Waals surface area (Å²) >= 11 is 0. The van der Waals surface area contributed by atoms with Gasteiger partial charge in [-0.15, -0.1) is 0 Å². The SMILES string of the molecule is Cc1cc2c3c(c1)N(Cc1ccc(C(C)(C)C)cc1-c1ccccc1)c1cc4c(cc1B3c1cc3c(cc1N2Cc1ccc(C(C)(C)C)cc1-c1ccccc1)C(C)(C)CCC3(C)C)C(C)(C)CCC4(C)C. The van der Waals surface area contributed by atoms with Crippen LogP contribution in [-0.2, 0) is 45.6 Å². The van der Waals surface area contributed by atoms with E-state index in [9.17, 15) is 0 Å². The fourth-order valence-corrected chi connectivity index (χ4v) is 13.2. The molecule has 7 aromatic rings. The number of rotatable bonds is 6. The predicted molar refractivity (Wildman–Crippen MR) is 312 cm³/mol. The first kappa shape index (κ1) is 48.5. The molecule has 0 unspecified atom stereocenters. The standard InChI is InChI=1S/C69H79BN2/c1-44-34-61-63-62(35-44)72(43-48-27-29-50(65(5,6)7)37-52(48)46-24-20-17-21-25-46)60-41-56-54(67(10,11)31-33-69(56,14)15)39-58(60)70(63)57-38-53-55(68(12,13)32-30-66(53,8)9)40-59(57)71(61)42-47-26-28-49(64(2,3)4)36-51(47)45-22-18-16-19-23-45/h16-29,34-41H,30-33,42-43H2,1-15H3. The van der Waals surface area contributed by atoms with Crippen LogP contribution >= 0.6 is 0 Å². The van der Waals surface area contributed by atoms with Crippen molar-refractivity contribution < 1.29 is 0 Å². The monoisotopic (exact) mass is 947 g/mol. The van der Waals surface area contributed by atoms with E-state index in [1.807, 2.05) is 0 Å². The molecule has 7 aromatic carbocycles. The Morgan fingerprint density at radius 1 is 0.417 bits per heavy atom. The maximum atomic E-state index is 2.76. The third-order valence-electron chi connectivity index (χ3n) is 18.1. The molecule has 4 aliphatic rings. The predicted octanol–water partition coefficient (Wildman–Crippen LogP) is 16.4. The van der Waals surface area contributed by atoms with Crippen LogP contribution in [0.4, 0.5) is 22.7 Å². The first-order chi connectivity index (χ1) is 33.8. The van der Waals surface area contributed by atoms with E-state index in [1.54, 1.807) is 0 Å². The molecule has 0 saturated carbocycles. The van der Waals surface area contributed by atoms with E-state index in [0.29, 0.717) is 0 Å². The van der Waals surface area contributed by atoms with Crippen LogP contribution in [0.3, 0.4) is 0 Å². The maximum Gasteiger partial charge on any atom is 0.252 e. The number of benzene rings is 7. The molecule has 72 heavy (non-hydrogen) atoms. The van der Waals surface area contributed by atoms with Gasteiger partial charge in [0.05, 0.1) is 0 Å². The molecular weight excluding hydrogens is 868 g/mol. The van der Waals surface area contributed by atoms with Gasteiger partial charge in [0.15, 0.2) is 0 Å². The first-order valence-electron chi connectivity index (χ1n) is 27.3. The van der Waals surface area contributed by atoms with Gasteiger partial charge in [-0.2, -0.15) is 0 Å². The third kappa shape index (κ3) is 8.08. The number of fused-ring (bicyclic) bond motifs is 6. The number of anilines is 4. The van der Waals surface area contributed by atoms with Gasteiger partial charge in [0.1, 0.15) is 0 Å². The molecule has 0 aromatic heterocycles. The normalized spacial score (nSPS) is 17.9. The van der Waals surface area contributed by atoms with Crippen molar-refractivity contribution in [3.8, 4) is 22.3 Å². The molecular formula is C69H79BN2. The van der Waals surface area contributed by atoms with Crippen molar-refractivity contribution >= 4 is 45.9 Å². The number of nitrogens with zero attached hydrogens (tertiary/aromatic N) is 2. The van der Waals surface area contributed by atoms with Crippen molar-refractivity contribution in [2.45, 2.75) is 175 Å². The lowest BCUT2D eigenvalue weighted by Gasteiger charge is -2.49. The van der Waals surface area contributed by atoms with E-state index in [0.717, 1.165) is 13.1 Å². The molecule has 0 amide bonds. The van der Waals surface area contributed by atoms with E-state index >= 15 is 0 Å². The van der Waals surface area contributed by atoms with Gasteiger partial charge in [-0.05, 0) is 178 Å². The summed E-state index contributed by atoms with van der Waals surface area (Å²) in [7, 11) is 0. The fourth-order valence-electron chi connectivity index (χ4n) is 13.2. The average Bonchev–Trinajstić information content (AvgIpc) is 3.33. The van der Waals surface area contributed by atoms with Crippen LogP contribution in [0.15, 0.2) is 133 Å². The number of hydrogen-bond donors (Lipinski definition) is 0. The number of hydrogen-bond acceptors (Lipinski definition) is 2. The van der Waals surface area contributed by atoms with Crippen molar-refractivity contribution in [3.63, 3.8) is 0 Å². The molecule has 2 aliphatic heterocycles. The zero-order chi connectivity index (χ0) is 51.1. The Labute approximate surface area is 434 Å². The van der Waals surface area contributed by atoms with Crippen LogP contribution in [0.2, 0.25) is 0 Å². The van der Waals surface area contributed by atoms with E-state index in [1.165, 1.54) is 137 Å². The van der Waals surface area contributed by atoms with Crippen molar-refractivity contribution in [1.82, 2.24) is 0 Å². The molecule has 11 rings (SSSR count). The van der Waals surface area contributed by atoms with E-state index in [4.69, 9.17) is 0 Å². The first-order valence-corrected chi connectivity index (χ1v) is 27.3. The second kappa shape index (κ2) is 16.6. The molecule has 0 atom stereocenters. The zero-order valence-corrected chi connectivity index (χ0v) is 46.4. The molecule has 3 heteroatoms. The molecule has 2 aliphatic carbocycles. The summed E-state index contributed by atoms with van der Waals surface area (Å²) in [5, 5.41) is 0. The highest BCUT2D eigenvalue weighted by Crippen LogP contribution is 2.52. The average molecular weight is 947 g/mol. The minimum absolute atomic E-state index is 0.0212. The third-order valence-corrected chi connectivity index (χ3v) is 18.1. The lowest BCUT2D eigenvalue weighted by atomic mass is 9.32. The number of aryl methyl sites for hydroxylation is 1. The second-order valence-corrected chi connectivity index (χ2v) is 27.2. The van der Waals surface area contributed by atoms with Crippen LogP contribution in [-0.4, -0.2) is 6.71 Å². The molecule has 0 bridgehead atoms. The van der Waals surface area contributed by atoms with Crippen LogP contribution in [0.1, 0.15) is 173 Å². The van der Waals surface area contributed by atoms with E-state index in [-0.39, 0.29) is 39.2 Å². The van der Waals surface area contributed by atoms with Gasteiger partial charge in [-0.3, -0.25) is 0 Å². The summed E-state index contributed by atoms with van der Waals surface area (Å²) in [4.78, 5) is 5.52. The van der Waals surface area contributed by atoms with Gasteiger partial charge < -0.3 is 9.80 Å². The van der Waals surface area contributed by atoms with Crippen molar-refractivity contribution in [3.05, 3.63) is 184 Å². The van der Waals surface area contributed by atoms with Gasteiger partial charge in [0, 0.05) is 35.8 Å². The van der Waals surface area contributed by atoms with Gasteiger partial charge >= 0.3 is 0 Å². The smallest absolute Gasteiger partial charge is 0.252 e. The molecule has 0 fully saturated rings. The summed E-state index contributed by atoms with van der Waals surface area (Å²) in [6.07, 6.45) is 4.72. The Kier molecular flexibility index (Phi) is 11.2. The lowest BCUT2D eigenvalue weighted by molar-refractivity contribution is 0.332. The molecule has 2 nitrogen and oxygen atoms in total. The fraction of sp³-hybridized carbons (Fsp3) is 0.391. The summed E-state index contributed by atoms with van der Waals surface area (Å²) in [5.74, 6) is 0. The highest BCUT2D eigenvalue weighted by atomic mass is 15.2.